The van der Waals surface area contributed by atoms with Gasteiger partial charge in [-0.25, -0.2) is 0 Å². The first-order valence-electron chi connectivity index (χ1n) is 6.77. The molecule has 5 heteroatoms. The number of carbonyl (C=O) groups is 2. The van der Waals surface area contributed by atoms with Gasteiger partial charge in [-0.3, -0.25) is 9.59 Å². The molecular weight excluding hydrogens is 256 g/mol. The number of rotatable bonds is 8. The second-order valence-electron chi connectivity index (χ2n) is 4.59. The van der Waals surface area contributed by atoms with Crippen molar-refractivity contribution in [3.8, 4) is 0 Å². The van der Waals surface area contributed by atoms with E-state index in [-0.39, 0.29) is 17.9 Å². The van der Waals surface area contributed by atoms with Crippen LogP contribution in [-0.2, 0) is 14.3 Å². The predicted molar refractivity (Wildman–Crippen MR) is 76.9 cm³/mol. The van der Waals surface area contributed by atoms with Gasteiger partial charge in [-0.15, -0.1) is 0 Å². The van der Waals surface area contributed by atoms with E-state index in [0.29, 0.717) is 32.2 Å². The van der Waals surface area contributed by atoms with Gasteiger partial charge >= 0.3 is 5.97 Å². The number of nitrogens with two attached hydrogens (primary N) is 1. The van der Waals surface area contributed by atoms with Crippen molar-refractivity contribution in [3.05, 3.63) is 35.9 Å². The van der Waals surface area contributed by atoms with Crippen molar-refractivity contribution in [2.24, 2.45) is 5.73 Å². The number of hydrogen-bond donors (Lipinski definition) is 2. The van der Waals surface area contributed by atoms with Crippen LogP contribution in [0.2, 0.25) is 0 Å². The van der Waals surface area contributed by atoms with Gasteiger partial charge in [0.2, 0.25) is 5.91 Å². The summed E-state index contributed by atoms with van der Waals surface area (Å²) in [6, 6.07) is 9.59. The van der Waals surface area contributed by atoms with Crippen molar-refractivity contribution >= 4 is 11.9 Å². The summed E-state index contributed by atoms with van der Waals surface area (Å²) < 4.78 is 4.52. The van der Waals surface area contributed by atoms with E-state index in [0.717, 1.165) is 5.56 Å². The lowest BCUT2D eigenvalue weighted by Crippen LogP contribution is -2.26. The highest BCUT2D eigenvalue weighted by Crippen LogP contribution is 2.14. The van der Waals surface area contributed by atoms with Crippen molar-refractivity contribution in [2.45, 2.75) is 31.7 Å². The van der Waals surface area contributed by atoms with Gasteiger partial charge in [-0.1, -0.05) is 30.3 Å². The van der Waals surface area contributed by atoms with Gasteiger partial charge in [-0.2, -0.15) is 0 Å². The molecule has 0 saturated carbocycles. The summed E-state index contributed by atoms with van der Waals surface area (Å²) >= 11 is 0. The average Bonchev–Trinajstić information content (AvgIpc) is 2.49. The Bertz CT molecular complexity index is 420. The third-order valence-electron chi connectivity index (χ3n) is 3.02. The number of benzene rings is 1. The molecule has 1 atom stereocenters. The van der Waals surface area contributed by atoms with Crippen molar-refractivity contribution in [1.29, 1.82) is 0 Å². The second-order valence-corrected chi connectivity index (χ2v) is 4.59. The van der Waals surface area contributed by atoms with E-state index >= 15 is 0 Å². The van der Waals surface area contributed by atoms with E-state index in [9.17, 15) is 9.59 Å². The minimum Gasteiger partial charge on any atom is -0.469 e. The Morgan fingerprint density at radius 1 is 1.25 bits per heavy atom. The second kappa shape index (κ2) is 9.09. The van der Waals surface area contributed by atoms with Crippen LogP contribution >= 0.6 is 0 Å². The zero-order valence-electron chi connectivity index (χ0n) is 11.8. The van der Waals surface area contributed by atoms with E-state index in [2.05, 4.69) is 10.1 Å². The zero-order chi connectivity index (χ0) is 14.8. The highest BCUT2D eigenvalue weighted by atomic mass is 16.5. The minimum atomic E-state index is -0.259. The van der Waals surface area contributed by atoms with Gasteiger partial charge < -0.3 is 15.8 Å². The van der Waals surface area contributed by atoms with Crippen LogP contribution in [0.5, 0.6) is 0 Å². The molecule has 1 unspecified atom stereocenters. The Morgan fingerprint density at radius 2 is 1.95 bits per heavy atom. The van der Waals surface area contributed by atoms with E-state index in [1.165, 1.54) is 7.11 Å². The van der Waals surface area contributed by atoms with Crippen LogP contribution in [-0.4, -0.2) is 25.5 Å². The van der Waals surface area contributed by atoms with Gasteiger partial charge in [0.05, 0.1) is 7.11 Å². The van der Waals surface area contributed by atoms with Gasteiger partial charge in [0.1, 0.15) is 0 Å². The quantitative estimate of drug-likeness (QED) is 0.558. The summed E-state index contributed by atoms with van der Waals surface area (Å²) in [5.41, 5.74) is 7.05. The van der Waals surface area contributed by atoms with E-state index in [1.807, 2.05) is 30.3 Å². The van der Waals surface area contributed by atoms with Gasteiger partial charge in [0, 0.05) is 25.4 Å². The molecule has 1 amide bonds. The zero-order valence-corrected chi connectivity index (χ0v) is 11.8. The van der Waals surface area contributed by atoms with Crippen LogP contribution in [0.15, 0.2) is 30.3 Å². The summed E-state index contributed by atoms with van der Waals surface area (Å²) in [7, 11) is 1.35. The van der Waals surface area contributed by atoms with E-state index in [4.69, 9.17) is 5.73 Å². The third-order valence-corrected chi connectivity index (χ3v) is 3.02. The largest absolute Gasteiger partial charge is 0.469 e. The highest BCUT2D eigenvalue weighted by Gasteiger charge is 2.08. The molecule has 1 rings (SSSR count). The lowest BCUT2D eigenvalue weighted by atomic mass is 10.0. The number of esters is 1. The first-order chi connectivity index (χ1) is 9.63. The summed E-state index contributed by atoms with van der Waals surface area (Å²) in [5.74, 6) is -0.299. The Balaban J connectivity index is 2.15. The topological polar surface area (TPSA) is 81.4 Å². The number of carbonyl (C=O) groups excluding carboxylic acids is 2. The Kier molecular flexibility index (Phi) is 7.35. The average molecular weight is 278 g/mol. The standard InChI is InChI=1S/C15H22N2O3/c1-20-15(19)8-5-11-17-14(18)10-9-13(16)12-6-3-2-4-7-12/h2-4,6-7,13H,5,8-11,16H2,1H3,(H,17,18). The number of methoxy groups -OCH3 is 1. The molecule has 0 fully saturated rings. The molecular formula is C15H22N2O3. The lowest BCUT2D eigenvalue weighted by molar-refractivity contribution is -0.140. The summed E-state index contributed by atoms with van der Waals surface area (Å²) in [6.45, 7) is 0.481. The number of hydrogen-bond acceptors (Lipinski definition) is 4. The van der Waals surface area contributed by atoms with Crippen molar-refractivity contribution in [3.63, 3.8) is 0 Å². The number of ether oxygens (including phenoxy) is 1. The molecule has 1 aromatic carbocycles. The monoisotopic (exact) mass is 278 g/mol. The molecule has 0 aromatic heterocycles. The van der Waals surface area contributed by atoms with Crippen LogP contribution in [0.1, 0.15) is 37.3 Å². The van der Waals surface area contributed by atoms with Crippen molar-refractivity contribution in [1.82, 2.24) is 5.32 Å². The normalized spacial score (nSPS) is 11.7. The molecule has 0 aliphatic carbocycles. The number of nitrogens with one attached hydrogen (secondary N) is 1. The van der Waals surface area contributed by atoms with Crippen molar-refractivity contribution < 1.29 is 14.3 Å². The fraction of sp³-hybridized carbons (Fsp3) is 0.467. The third kappa shape index (κ3) is 6.33. The van der Waals surface area contributed by atoms with Gasteiger partial charge in [-0.05, 0) is 18.4 Å². The van der Waals surface area contributed by atoms with E-state index in [1.54, 1.807) is 0 Å². The Morgan fingerprint density at radius 3 is 2.60 bits per heavy atom. The molecule has 0 spiro atoms. The maximum Gasteiger partial charge on any atom is 0.305 e. The first-order valence-corrected chi connectivity index (χ1v) is 6.77. The maximum absolute atomic E-state index is 11.6. The first kappa shape index (κ1) is 16.2. The SMILES string of the molecule is COC(=O)CCCNC(=O)CCC(N)c1ccccc1. The fourth-order valence-electron chi connectivity index (χ4n) is 1.80. The minimum absolute atomic E-state index is 0.0405. The molecule has 1 aromatic rings. The molecule has 110 valence electrons. The summed E-state index contributed by atoms with van der Waals surface area (Å²) in [4.78, 5) is 22.5. The molecule has 5 nitrogen and oxygen atoms in total. The van der Waals surface area contributed by atoms with Crippen molar-refractivity contribution in [2.75, 3.05) is 13.7 Å². The predicted octanol–water partition coefficient (Wildman–Crippen LogP) is 1.54. The summed E-state index contributed by atoms with van der Waals surface area (Å²) in [5, 5.41) is 2.77. The highest BCUT2D eigenvalue weighted by molar-refractivity contribution is 5.76. The molecule has 0 aliphatic rings. The van der Waals surface area contributed by atoms with Crippen LogP contribution in [0.3, 0.4) is 0 Å². The van der Waals surface area contributed by atoms with Crippen LogP contribution < -0.4 is 11.1 Å². The molecule has 0 heterocycles. The number of amides is 1. The smallest absolute Gasteiger partial charge is 0.305 e. The molecule has 0 radical (unpaired) electrons. The molecule has 3 N–H and O–H groups in total. The molecule has 0 bridgehead atoms. The molecule has 0 saturated heterocycles. The van der Waals surface area contributed by atoms with E-state index < -0.39 is 0 Å². The molecule has 0 aliphatic heterocycles. The Hall–Kier alpha value is -1.88. The summed E-state index contributed by atoms with van der Waals surface area (Å²) in [6.07, 6.45) is 1.89. The van der Waals surface area contributed by atoms with Crippen LogP contribution in [0.25, 0.3) is 0 Å². The maximum atomic E-state index is 11.6. The van der Waals surface area contributed by atoms with Gasteiger partial charge in [0.25, 0.3) is 0 Å². The fourth-order valence-corrected chi connectivity index (χ4v) is 1.80. The molecule has 20 heavy (non-hydrogen) atoms. The van der Waals surface area contributed by atoms with Gasteiger partial charge in [0.15, 0.2) is 0 Å². The lowest BCUT2D eigenvalue weighted by Gasteiger charge is -2.11. The van der Waals surface area contributed by atoms with Crippen LogP contribution in [0, 0.1) is 0 Å². The van der Waals surface area contributed by atoms with Crippen LogP contribution in [0.4, 0.5) is 0 Å². The Labute approximate surface area is 119 Å².